The van der Waals surface area contributed by atoms with E-state index in [2.05, 4.69) is 26.2 Å². The molecule has 0 spiro atoms. The highest BCUT2D eigenvalue weighted by atomic mass is 79.9. The molecule has 0 bridgehead atoms. The lowest BCUT2D eigenvalue weighted by atomic mass is 10.2. The Balaban J connectivity index is 0.00000161. The van der Waals surface area contributed by atoms with Crippen LogP contribution in [0.2, 0.25) is 5.02 Å². The van der Waals surface area contributed by atoms with Gasteiger partial charge in [0.05, 0.1) is 16.4 Å². The molecule has 0 atom stereocenters. The molecule has 108 valence electrons. The van der Waals surface area contributed by atoms with Crippen molar-refractivity contribution < 1.29 is 0 Å². The average molecular weight is 447 g/mol. The van der Waals surface area contributed by atoms with Gasteiger partial charge in [-0.25, -0.2) is 4.98 Å². The molecule has 0 saturated carbocycles. The zero-order valence-electron chi connectivity index (χ0n) is 10.7. The first-order valence-corrected chi connectivity index (χ1v) is 8.00. The summed E-state index contributed by atoms with van der Waals surface area (Å²) >= 11 is 11.2. The SMILES string of the molecule is Br.Clc1ccccc1Nc1nc(-c2cccc(Br)c2)cs1. The number of thiazole rings is 1. The van der Waals surface area contributed by atoms with E-state index in [1.54, 1.807) is 11.3 Å². The first-order valence-electron chi connectivity index (χ1n) is 5.95. The molecule has 0 fully saturated rings. The fourth-order valence-electron chi connectivity index (χ4n) is 1.79. The topological polar surface area (TPSA) is 24.9 Å². The standard InChI is InChI=1S/C15H10BrClN2S.BrH/c16-11-5-3-4-10(8-11)14-9-20-15(19-14)18-13-7-2-1-6-12(13)17;/h1-9H,(H,18,19);1H. The highest BCUT2D eigenvalue weighted by molar-refractivity contribution is 9.10. The predicted molar refractivity (Wildman–Crippen MR) is 100 cm³/mol. The van der Waals surface area contributed by atoms with Crippen molar-refractivity contribution in [3.05, 3.63) is 63.4 Å². The van der Waals surface area contributed by atoms with Crippen LogP contribution in [0.15, 0.2) is 58.4 Å². The van der Waals surface area contributed by atoms with Gasteiger partial charge in [-0.15, -0.1) is 28.3 Å². The van der Waals surface area contributed by atoms with E-state index in [1.807, 2.05) is 53.9 Å². The van der Waals surface area contributed by atoms with Crippen molar-refractivity contribution in [1.29, 1.82) is 0 Å². The predicted octanol–water partition coefficient (Wildman–Crippen LogP) is 6.55. The fraction of sp³-hybridized carbons (Fsp3) is 0. The van der Waals surface area contributed by atoms with E-state index in [0.29, 0.717) is 5.02 Å². The Hall–Kier alpha value is -0.880. The molecule has 1 heterocycles. The van der Waals surface area contributed by atoms with Gasteiger partial charge in [-0.05, 0) is 24.3 Å². The van der Waals surface area contributed by atoms with Crippen LogP contribution in [0.1, 0.15) is 0 Å². The minimum absolute atomic E-state index is 0. The van der Waals surface area contributed by atoms with E-state index < -0.39 is 0 Å². The van der Waals surface area contributed by atoms with Gasteiger partial charge in [0, 0.05) is 15.4 Å². The number of hydrogen-bond acceptors (Lipinski definition) is 3. The first-order chi connectivity index (χ1) is 9.72. The Bertz CT molecular complexity index is 746. The van der Waals surface area contributed by atoms with Crippen molar-refractivity contribution in [1.82, 2.24) is 4.98 Å². The van der Waals surface area contributed by atoms with Gasteiger partial charge in [0.1, 0.15) is 0 Å². The van der Waals surface area contributed by atoms with Crippen LogP contribution in [-0.2, 0) is 0 Å². The van der Waals surface area contributed by atoms with Gasteiger partial charge in [-0.2, -0.15) is 0 Å². The van der Waals surface area contributed by atoms with Crippen LogP contribution in [0.3, 0.4) is 0 Å². The van der Waals surface area contributed by atoms with Gasteiger partial charge in [0.25, 0.3) is 0 Å². The summed E-state index contributed by atoms with van der Waals surface area (Å²) in [4.78, 5) is 4.59. The van der Waals surface area contributed by atoms with Crippen LogP contribution in [-0.4, -0.2) is 4.98 Å². The largest absolute Gasteiger partial charge is 0.330 e. The third-order valence-corrected chi connectivity index (χ3v) is 4.32. The van der Waals surface area contributed by atoms with Gasteiger partial charge < -0.3 is 5.32 Å². The number of aromatic nitrogens is 1. The lowest BCUT2D eigenvalue weighted by molar-refractivity contribution is 1.38. The number of hydrogen-bond donors (Lipinski definition) is 1. The molecule has 3 aromatic rings. The van der Waals surface area contributed by atoms with Crippen LogP contribution in [0.5, 0.6) is 0 Å². The maximum Gasteiger partial charge on any atom is 0.187 e. The molecule has 0 unspecified atom stereocenters. The maximum absolute atomic E-state index is 6.13. The molecule has 0 aliphatic rings. The van der Waals surface area contributed by atoms with Crippen LogP contribution < -0.4 is 5.32 Å². The van der Waals surface area contributed by atoms with E-state index in [0.717, 1.165) is 26.5 Å². The molecule has 0 amide bonds. The van der Waals surface area contributed by atoms with Gasteiger partial charge in [0.2, 0.25) is 0 Å². The van der Waals surface area contributed by atoms with Gasteiger partial charge in [-0.1, -0.05) is 51.8 Å². The van der Waals surface area contributed by atoms with Crippen molar-refractivity contribution in [2.45, 2.75) is 0 Å². The van der Waals surface area contributed by atoms with Crippen molar-refractivity contribution >= 4 is 66.7 Å². The second-order valence-electron chi connectivity index (χ2n) is 4.15. The lowest BCUT2D eigenvalue weighted by Crippen LogP contribution is -1.90. The summed E-state index contributed by atoms with van der Waals surface area (Å²) in [5.41, 5.74) is 2.90. The molecule has 0 aliphatic heterocycles. The van der Waals surface area contributed by atoms with E-state index in [9.17, 15) is 0 Å². The Kier molecular flexibility index (Phi) is 5.81. The van der Waals surface area contributed by atoms with Crippen molar-refractivity contribution in [3.63, 3.8) is 0 Å². The second kappa shape index (κ2) is 7.40. The second-order valence-corrected chi connectivity index (χ2v) is 6.33. The summed E-state index contributed by atoms with van der Waals surface area (Å²) in [5.74, 6) is 0. The number of nitrogens with one attached hydrogen (secondary N) is 1. The number of para-hydroxylation sites is 1. The monoisotopic (exact) mass is 444 g/mol. The van der Waals surface area contributed by atoms with E-state index in [-0.39, 0.29) is 17.0 Å². The summed E-state index contributed by atoms with van der Waals surface area (Å²) in [5, 5.41) is 6.78. The molecule has 1 aromatic heterocycles. The van der Waals surface area contributed by atoms with Crippen LogP contribution in [0.25, 0.3) is 11.3 Å². The van der Waals surface area contributed by atoms with Crippen LogP contribution in [0.4, 0.5) is 10.8 Å². The molecular weight excluding hydrogens is 436 g/mol. The summed E-state index contributed by atoms with van der Waals surface area (Å²) in [7, 11) is 0. The maximum atomic E-state index is 6.13. The number of nitrogens with zero attached hydrogens (tertiary/aromatic N) is 1. The van der Waals surface area contributed by atoms with Crippen molar-refractivity contribution in [3.8, 4) is 11.3 Å². The quantitative estimate of drug-likeness (QED) is 0.494. The molecule has 2 nitrogen and oxygen atoms in total. The van der Waals surface area contributed by atoms with Gasteiger partial charge in [0.15, 0.2) is 5.13 Å². The summed E-state index contributed by atoms with van der Waals surface area (Å²) in [6.07, 6.45) is 0. The Labute approximate surface area is 151 Å². The van der Waals surface area contributed by atoms with Crippen molar-refractivity contribution in [2.75, 3.05) is 5.32 Å². The highest BCUT2D eigenvalue weighted by Crippen LogP contribution is 2.30. The zero-order valence-corrected chi connectivity index (χ0v) is 15.6. The number of anilines is 2. The molecule has 0 radical (unpaired) electrons. The fourth-order valence-corrected chi connectivity index (χ4v) is 3.10. The molecule has 0 saturated heterocycles. The molecular formula is C15H11Br2ClN2S. The van der Waals surface area contributed by atoms with Crippen LogP contribution in [0, 0.1) is 0 Å². The van der Waals surface area contributed by atoms with E-state index in [4.69, 9.17) is 11.6 Å². The highest BCUT2D eigenvalue weighted by Gasteiger charge is 2.06. The number of benzene rings is 2. The Morgan fingerprint density at radius 3 is 2.67 bits per heavy atom. The van der Waals surface area contributed by atoms with E-state index in [1.165, 1.54) is 0 Å². The smallest absolute Gasteiger partial charge is 0.187 e. The third-order valence-electron chi connectivity index (χ3n) is 2.74. The number of halogens is 3. The first kappa shape index (κ1) is 16.5. The van der Waals surface area contributed by atoms with Crippen molar-refractivity contribution in [2.24, 2.45) is 0 Å². The summed E-state index contributed by atoms with van der Waals surface area (Å²) < 4.78 is 1.05. The van der Waals surface area contributed by atoms with Gasteiger partial charge >= 0.3 is 0 Å². The molecule has 2 aromatic carbocycles. The Morgan fingerprint density at radius 1 is 1.10 bits per heavy atom. The minimum atomic E-state index is 0. The Morgan fingerprint density at radius 2 is 1.90 bits per heavy atom. The molecule has 3 rings (SSSR count). The molecule has 21 heavy (non-hydrogen) atoms. The van der Waals surface area contributed by atoms with Gasteiger partial charge in [-0.3, -0.25) is 0 Å². The molecule has 6 heteroatoms. The number of rotatable bonds is 3. The van der Waals surface area contributed by atoms with E-state index >= 15 is 0 Å². The molecule has 0 aliphatic carbocycles. The molecule has 1 N–H and O–H groups in total. The third kappa shape index (κ3) is 4.07. The average Bonchev–Trinajstić information content (AvgIpc) is 2.90. The van der Waals surface area contributed by atoms with Crippen LogP contribution >= 0.6 is 55.8 Å². The summed E-state index contributed by atoms with van der Waals surface area (Å²) in [6.45, 7) is 0. The lowest BCUT2D eigenvalue weighted by Gasteiger charge is -2.04. The normalized spacial score (nSPS) is 10.0. The summed E-state index contributed by atoms with van der Waals surface area (Å²) in [6, 6.07) is 15.7. The minimum Gasteiger partial charge on any atom is -0.330 e. The zero-order chi connectivity index (χ0) is 13.9.